The lowest BCUT2D eigenvalue weighted by Crippen LogP contribution is -2.28. The maximum absolute atomic E-state index is 13.3. The van der Waals surface area contributed by atoms with Gasteiger partial charge in [-0.25, -0.2) is 9.37 Å². The Kier molecular flexibility index (Phi) is 4.49. The number of halogens is 2. The number of hydrogen-bond donors (Lipinski definition) is 1. The molecule has 0 aliphatic carbocycles. The number of nitrogens with one attached hydrogen (secondary N) is 1. The molecule has 3 rings (SSSR count). The topological polar surface area (TPSA) is 62.3 Å². The van der Waals surface area contributed by atoms with Crippen LogP contribution in [0, 0.1) is 18.7 Å². The maximum atomic E-state index is 13.3. The highest BCUT2D eigenvalue weighted by molar-refractivity contribution is 6.31. The third-order valence-corrected chi connectivity index (χ3v) is 4.14. The molecule has 1 aromatic heterocycles. The Labute approximate surface area is 143 Å². The van der Waals surface area contributed by atoms with Crippen molar-refractivity contribution in [1.29, 1.82) is 0 Å². The van der Waals surface area contributed by atoms with Crippen molar-refractivity contribution >= 4 is 34.9 Å². The standard InChI is InChI=1S/C17H15ClFN3O2/c1-10-3-2-4-15(20-10)21-17(24)11-7-16(23)22(9-11)12-5-6-14(19)13(18)8-12/h2-6,8,11H,7,9H2,1H3,(H,20,21,24)/t11-/m0/s1. The number of amides is 2. The number of hydrogen-bond acceptors (Lipinski definition) is 3. The van der Waals surface area contributed by atoms with Crippen molar-refractivity contribution in [3.63, 3.8) is 0 Å². The maximum Gasteiger partial charge on any atom is 0.230 e. The fraction of sp³-hybridized carbons (Fsp3) is 0.235. The fourth-order valence-electron chi connectivity index (χ4n) is 2.63. The molecule has 0 saturated carbocycles. The number of benzene rings is 1. The first-order chi connectivity index (χ1) is 11.4. The summed E-state index contributed by atoms with van der Waals surface area (Å²) in [6.45, 7) is 2.05. The second-order valence-electron chi connectivity index (χ2n) is 5.66. The Morgan fingerprint density at radius 2 is 2.17 bits per heavy atom. The van der Waals surface area contributed by atoms with Gasteiger partial charge >= 0.3 is 0 Å². The average molecular weight is 348 g/mol. The molecule has 1 fully saturated rings. The number of pyridine rings is 1. The van der Waals surface area contributed by atoms with Gasteiger partial charge in [-0.05, 0) is 37.3 Å². The number of nitrogens with zero attached hydrogens (tertiary/aromatic N) is 2. The Balaban J connectivity index is 1.72. The second kappa shape index (κ2) is 6.57. The van der Waals surface area contributed by atoms with Gasteiger partial charge in [0, 0.05) is 24.3 Å². The summed E-state index contributed by atoms with van der Waals surface area (Å²) < 4.78 is 13.3. The van der Waals surface area contributed by atoms with Crippen LogP contribution in [0.4, 0.5) is 15.9 Å². The molecule has 1 saturated heterocycles. The number of anilines is 2. The summed E-state index contributed by atoms with van der Waals surface area (Å²) in [6, 6.07) is 9.38. The van der Waals surface area contributed by atoms with Gasteiger partial charge in [0.2, 0.25) is 11.8 Å². The molecule has 1 N–H and O–H groups in total. The van der Waals surface area contributed by atoms with E-state index in [1.54, 1.807) is 12.1 Å². The third kappa shape index (κ3) is 3.38. The zero-order valence-corrected chi connectivity index (χ0v) is 13.7. The van der Waals surface area contributed by atoms with E-state index in [-0.39, 0.29) is 29.8 Å². The minimum Gasteiger partial charge on any atom is -0.312 e. The van der Waals surface area contributed by atoms with Crippen LogP contribution in [-0.2, 0) is 9.59 Å². The monoisotopic (exact) mass is 347 g/mol. The molecule has 1 atom stereocenters. The van der Waals surface area contributed by atoms with Gasteiger partial charge in [0.25, 0.3) is 0 Å². The van der Waals surface area contributed by atoms with E-state index in [1.165, 1.54) is 23.1 Å². The zero-order chi connectivity index (χ0) is 17.3. The van der Waals surface area contributed by atoms with Crippen LogP contribution in [0.25, 0.3) is 0 Å². The van der Waals surface area contributed by atoms with Crippen molar-refractivity contribution < 1.29 is 14.0 Å². The third-order valence-electron chi connectivity index (χ3n) is 3.85. The molecule has 5 nitrogen and oxygen atoms in total. The van der Waals surface area contributed by atoms with E-state index in [4.69, 9.17) is 11.6 Å². The normalized spacial score (nSPS) is 17.2. The largest absolute Gasteiger partial charge is 0.312 e. The summed E-state index contributed by atoms with van der Waals surface area (Å²) >= 11 is 5.76. The first kappa shape index (κ1) is 16.4. The van der Waals surface area contributed by atoms with Gasteiger partial charge < -0.3 is 10.2 Å². The molecule has 2 aromatic rings. The van der Waals surface area contributed by atoms with Crippen LogP contribution in [0.1, 0.15) is 12.1 Å². The van der Waals surface area contributed by atoms with Gasteiger partial charge in [0.05, 0.1) is 10.9 Å². The Hall–Kier alpha value is -2.47. The van der Waals surface area contributed by atoms with Crippen LogP contribution in [0.15, 0.2) is 36.4 Å². The smallest absolute Gasteiger partial charge is 0.230 e. The van der Waals surface area contributed by atoms with Crippen molar-refractivity contribution in [3.8, 4) is 0 Å². The first-order valence-corrected chi connectivity index (χ1v) is 7.82. The quantitative estimate of drug-likeness (QED) is 0.927. The van der Waals surface area contributed by atoms with E-state index >= 15 is 0 Å². The van der Waals surface area contributed by atoms with Crippen LogP contribution in [0.3, 0.4) is 0 Å². The number of carbonyl (C=O) groups excluding carboxylic acids is 2. The van der Waals surface area contributed by atoms with Gasteiger partial charge in [0.15, 0.2) is 0 Å². The molecule has 0 radical (unpaired) electrons. The molecule has 1 aliphatic heterocycles. The summed E-state index contributed by atoms with van der Waals surface area (Å²) in [5, 5.41) is 2.66. The molecule has 1 aliphatic rings. The van der Waals surface area contributed by atoms with Crippen LogP contribution in [0.2, 0.25) is 5.02 Å². The molecule has 0 unspecified atom stereocenters. The molecular weight excluding hydrogens is 333 g/mol. The predicted molar refractivity (Wildman–Crippen MR) is 89.5 cm³/mol. The molecule has 124 valence electrons. The molecular formula is C17H15ClFN3O2. The van der Waals surface area contributed by atoms with Crippen LogP contribution in [-0.4, -0.2) is 23.3 Å². The highest BCUT2D eigenvalue weighted by Crippen LogP contribution is 2.29. The van der Waals surface area contributed by atoms with E-state index < -0.39 is 11.7 Å². The average Bonchev–Trinajstić information content (AvgIpc) is 2.92. The van der Waals surface area contributed by atoms with Crippen molar-refractivity contribution in [2.24, 2.45) is 5.92 Å². The van der Waals surface area contributed by atoms with Crippen molar-refractivity contribution in [2.45, 2.75) is 13.3 Å². The number of rotatable bonds is 3. The van der Waals surface area contributed by atoms with Gasteiger partial charge in [-0.15, -0.1) is 0 Å². The molecule has 2 heterocycles. The van der Waals surface area contributed by atoms with E-state index in [0.717, 1.165) is 5.69 Å². The lowest BCUT2D eigenvalue weighted by atomic mass is 10.1. The minimum atomic E-state index is -0.549. The molecule has 0 spiro atoms. The second-order valence-corrected chi connectivity index (χ2v) is 6.06. The van der Waals surface area contributed by atoms with Gasteiger partial charge in [-0.2, -0.15) is 0 Å². The van der Waals surface area contributed by atoms with Crippen molar-refractivity contribution in [2.75, 3.05) is 16.8 Å². The Morgan fingerprint density at radius 3 is 2.88 bits per heavy atom. The number of carbonyl (C=O) groups is 2. The number of aromatic nitrogens is 1. The molecule has 0 bridgehead atoms. The van der Waals surface area contributed by atoms with Gasteiger partial charge in [-0.1, -0.05) is 17.7 Å². The summed E-state index contributed by atoms with van der Waals surface area (Å²) in [5.41, 5.74) is 1.27. The molecule has 24 heavy (non-hydrogen) atoms. The molecule has 1 aromatic carbocycles. The van der Waals surface area contributed by atoms with E-state index in [9.17, 15) is 14.0 Å². The lowest BCUT2D eigenvalue weighted by Gasteiger charge is -2.17. The van der Waals surface area contributed by atoms with Crippen molar-refractivity contribution in [3.05, 3.63) is 52.9 Å². The lowest BCUT2D eigenvalue weighted by molar-refractivity contribution is -0.122. The highest BCUT2D eigenvalue weighted by Gasteiger charge is 2.35. The SMILES string of the molecule is Cc1cccc(NC(=O)[C@H]2CC(=O)N(c3ccc(F)c(Cl)c3)C2)n1. The van der Waals surface area contributed by atoms with E-state index in [0.29, 0.717) is 11.5 Å². The molecule has 2 amide bonds. The fourth-order valence-corrected chi connectivity index (χ4v) is 2.80. The molecule has 7 heteroatoms. The highest BCUT2D eigenvalue weighted by atomic mass is 35.5. The van der Waals surface area contributed by atoms with Gasteiger partial charge in [0.1, 0.15) is 11.6 Å². The van der Waals surface area contributed by atoms with Crippen LogP contribution in [0.5, 0.6) is 0 Å². The van der Waals surface area contributed by atoms with Crippen LogP contribution < -0.4 is 10.2 Å². The summed E-state index contributed by atoms with van der Waals surface area (Å²) in [7, 11) is 0. The van der Waals surface area contributed by atoms with Crippen molar-refractivity contribution in [1.82, 2.24) is 4.98 Å². The summed E-state index contributed by atoms with van der Waals surface area (Å²) in [4.78, 5) is 30.2. The van der Waals surface area contributed by atoms with E-state index in [1.807, 2.05) is 13.0 Å². The number of aryl methyl sites for hydroxylation is 1. The first-order valence-electron chi connectivity index (χ1n) is 7.44. The Bertz CT molecular complexity index is 812. The minimum absolute atomic E-state index is 0.0582. The summed E-state index contributed by atoms with van der Waals surface area (Å²) in [5.74, 6) is -1.06. The summed E-state index contributed by atoms with van der Waals surface area (Å²) in [6.07, 6.45) is 0.0899. The Morgan fingerprint density at radius 1 is 1.38 bits per heavy atom. The van der Waals surface area contributed by atoms with Crippen LogP contribution >= 0.6 is 11.6 Å². The predicted octanol–water partition coefficient (Wildman–Crippen LogP) is 3.17. The van der Waals surface area contributed by atoms with E-state index in [2.05, 4.69) is 10.3 Å². The van der Waals surface area contributed by atoms with Gasteiger partial charge in [-0.3, -0.25) is 9.59 Å². The zero-order valence-electron chi connectivity index (χ0n) is 12.9.